The third-order valence-corrected chi connectivity index (χ3v) is 4.91. The van der Waals surface area contributed by atoms with Gasteiger partial charge in [-0.25, -0.2) is 4.98 Å². The minimum absolute atomic E-state index is 0.233. The van der Waals surface area contributed by atoms with Crippen molar-refractivity contribution in [1.29, 1.82) is 0 Å². The molecule has 1 saturated heterocycles. The minimum atomic E-state index is 0.233. The van der Waals surface area contributed by atoms with Crippen LogP contribution < -0.4 is 14.4 Å². The van der Waals surface area contributed by atoms with E-state index < -0.39 is 0 Å². The van der Waals surface area contributed by atoms with E-state index in [4.69, 9.17) is 9.47 Å². The number of piperazine rings is 1. The number of hydrogen-bond acceptors (Lipinski definition) is 5. The summed E-state index contributed by atoms with van der Waals surface area (Å²) in [6.45, 7) is 3.17. The van der Waals surface area contributed by atoms with Gasteiger partial charge in [-0.2, -0.15) is 0 Å². The lowest BCUT2D eigenvalue weighted by atomic mass is 10.1. The molecule has 6 nitrogen and oxygen atoms in total. The number of aromatic nitrogens is 1. The lowest BCUT2D eigenvalue weighted by Crippen LogP contribution is -2.49. The van der Waals surface area contributed by atoms with E-state index in [1.807, 2.05) is 41.3 Å². The van der Waals surface area contributed by atoms with Gasteiger partial charge in [-0.3, -0.25) is 4.79 Å². The maximum Gasteiger partial charge on any atom is 0.222 e. The average molecular weight is 369 g/mol. The van der Waals surface area contributed by atoms with Crippen LogP contribution in [0.25, 0.3) is 0 Å². The topological polar surface area (TPSA) is 54.9 Å². The second-order valence-corrected chi connectivity index (χ2v) is 6.60. The van der Waals surface area contributed by atoms with Crippen molar-refractivity contribution in [1.82, 2.24) is 9.88 Å². The number of hydrogen-bond donors (Lipinski definition) is 0. The summed E-state index contributed by atoms with van der Waals surface area (Å²) in [5.41, 5.74) is 1.15. The number of aryl methyl sites for hydroxylation is 1. The van der Waals surface area contributed by atoms with Crippen LogP contribution in [-0.4, -0.2) is 56.2 Å². The van der Waals surface area contributed by atoms with Gasteiger partial charge in [-0.1, -0.05) is 12.1 Å². The molecule has 3 rings (SSSR count). The molecule has 6 heteroatoms. The van der Waals surface area contributed by atoms with E-state index in [0.717, 1.165) is 61.9 Å². The summed E-state index contributed by atoms with van der Waals surface area (Å²) in [6.07, 6.45) is 4.05. The monoisotopic (exact) mass is 369 g/mol. The van der Waals surface area contributed by atoms with Gasteiger partial charge in [-0.15, -0.1) is 0 Å². The van der Waals surface area contributed by atoms with Crippen molar-refractivity contribution in [3.8, 4) is 11.5 Å². The number of carbonyl (C=O) groups excluding carboxylic acids is 1. The first-order valence-corrected chi connectivity index (χ1v) is 9.36. The molecule has 0 bridgehead atoms. The third kappa shape index (κ3) is 4.90. The second kappa shape index (κ2) is 9.26. The highest BCUT2D eigenvalue weighted by Crippen LogP contribution is 2.28. The first kappa shape index (κ1) is 19.0. The van der Waals surface area contributed by atoms with E-state index in [-0.39, 0.29) is 5.91 Å². The first-order valence-electron chi connectivity index (χ1n) is 9.36. The molecule has 1 aliphatic heterocycles. The van der Waals surface area contributed by atoms with Crippen LogP contribution in [0.4, 0.5) is 5.82 Å². The maximum absolute atomic E-state index is 12.5. The fourth-order valence-corrected chi connectivity index (χ4v) is 3.36. The van der Waals surface area contributed by atoms with Crippen LogP contribution in [0, 0.1) is 0 Å². The van der Waals surface area contributed by atoms with Crippen LogP contribution in [0.3, 0.4) is 0 Å². The number of rotatable bonds is 7. The Morgan fingerprint density at radius 1 is 1.04 bits per heavy atom. The number of anilines is 1. The third-order valence-electron chi connectivity index (χ3n) is 4.91. The summed E-state index contributed by atoms with van der Waals surface area (Å²) in [7, 11) is 3.26. The van der Waals surface area contributed by atoms with Gasteiger partial charge in [0.1, 0.15) is 5.82 Å². The van der Waals surface area contributed by atoms with Crippen molar-refractivity contribution in [2.75, 3.05) is 45.3 Å². The number of benzene rings is 1. The van der Waals surface area contributed by atoms with Crippen molar-refractivity contribution in [3.63, 3.8) is 0 Å². The van der Waals surface area contributed by atoms with Crippen molar-refractivity contribution >= 4 is 11.7 Å². The highest BCUT2D eigenvalue weighted by atomic mass is 16.5. The molecule has 0 atom stereocenters. The molecule has 0 spiro atoms. The molecule has 0 N–H and O–H groups in total. The fraction of sp³-hybridized carbons (Fsp3) is 0.429. The van der Waals surface area contributed by atoms with Crippen LogP contribution in [0.1, 0.15) is 18.4 Å². The van der Waals surface area contributed by atoms with Crippen LogP contribution in [-0.2, 0) is 11.2 Å². The molecular weight excluding hydrogens is 342 g/mol. The zero-order valence-corrected chi connectivity index (χ0v) is 16.1. The molecule has 1 amide bonds. The molecule has 2 aromatic rings. The van der Waals surface area contributed by atoms with Crippen LogP contribution in [0.15, 0.2) is 42.6 Å². The van der Waals surface area contributed by atoms with E-state index >= 15 is 0 Å². The molecular formula is C21H27N3O3. The van der Waals surface area contributed by atoms with Gasteiger partial charge in [0.25, 0.3) is 0 Å². The Morgan fingerprint density at radius 2 is 1.81 bits per heavy atom. The first-order chi connectivity index (χ1) is 13.2. The molecule has 1 aromatic heterocycles. The molecule has 0 aliphatic carbocycles. The Labute approximate surface area is 160 Å². The largest absolute Gasteiger partial charge is 0.493 e. The van der Waals surface area contributed by atoms with E-state index in [9.17, 15) is 4.79 Å². The Bertz CT molecular complexity index is 744. The smallest absolute Gasteiger partial charge is 0.222 e. The molecule has 0 unspecified atom stereocenters. The highest BCUT2D eigenvalue weighted by Gasteiger charge is 2.21. The SMILES string of the molecule is COc1ccc(CCCC(=O)N2CCN(c3ccccn3)CC2)cc1OC. The summed E-state index contributed by atoms with van der Waals surface area (Å²) < 4.78 is 10.6. The van der Waals surface area contributed by atoms with E-state index in [1.54, 1.807) is 20.4 Å². The van der Waals surface area contributed by atoms with Gasteiger partial charge in [0.15, 0.2) is 11.5 Å². The number of pyridine rings is 1. The molecule has 0 radical (unpaired) electrons. The van der Waals surface area contributed by atoms with Gasteiger partial charge in [0, 0.05) is 38.8 Å². The Balaban J connectivity index is 1.44. The molecule has 1 aromatic carbocycles. The van der Waals surface area contributed by atoms with Gasteiger partial charge >= 0.3 is 0 Å². The average Bonchev–Trinajstić information content (AvgIpc) is 2.74. The maximum atomic E-state index is 12.5. The minimum Gasteiger partial charge on any atom is -0.493 e. The summed E-state index contributed by atoms with van der Waals surface area (Å²) in [6, 6.07) is 11.8. The summed E-state index contributed by atoms with van der Waals surface area (Å²) in [5, 5.41) is 0. The zero-order chi connectivity index (χ0) is 19.1. The van der Waals surface area contributed by atoms with Gasteiger partial charge < -0.3 is 19.3 Å². The number of methoxy groups -OCH3 is 2. The van der Waals surface area contributed by atoms with Gasteiger partial charge in [-0.05, 0) is 42.7 Å². The Hall–Kier alpha value is -2.76. The molecule has 1 aliphatic rings. The lowest BCUT2D eigenvalue weighted by molar-refractivity contribution is -0.131. The van der Waals surface area contributed by atoms with Gasteiger partial charge in [0.2, 0.25) is 5.91 Å². The van der Waals surface area contributed by atoms with Crippen molar-refractivity contribution < 1.29 is 14.3 Å². The predicted molar refractivity (Wildman–Crippen MR) is 106 cm³/mol. The quantitative estimate of drug-likeness (QED) is 0.751. The van der Waals surface area contributed by atoms with Crippen LogP contribution >= 0.6 is 0 Å². The fourth-order valence-electron chi connectivity index (χ4n) is 3.36. The molecule has 0 saturated carbocycles. The lowest BCUT2D eigenvalue weighted by Gasteiger charge is -2.35. The summed E-state index contributed by atoms with van der Waals surface area (Å²) >= 11 is 0. The number of ether oxygens (including phenoxy) is 2. The zero-order valence-electron chi connectivity index (χ0n) is 16.1. The van der Waals surface area contributed by atoms with E-state index in [1.165, 1.54) is 0 Å². The normalized spacial score (nSPS) is 14.1. The Kier molecular flexibility index (Phi) is 6.52. The van der Waals surface area contributed by atoms with Crippen LogP contribution in [0.2, 0.25) is 0 Å². The van der Waals surface area contributed by atoms with Crippen molar-refractivity contribution in [3.05, 3.63) is 48.2 Å². The molecule has 1 fully saturated rings. The van der Waals surface area contributed by atoms with Crippen molar-refractivity contribution in [2.24, 2.45) is 0 Å². The molecule has 2 heterocycles. The second-order valence-electron chi connectivity index (χ2n) is 6.60. The number of nitrogens with zero attached hydrogens (tertiary/aromatic N) is 3. The van der Waals surface area contributed by atoms with Gasteiger partial charge in [0.05, 0.1) is 14.2 Å². The predicted octanol–water partition coefficient (Wildman–Crippen LogP) is 2.77. The van der Waals surface area contributed by atoms with Crippen LogP contribution in [0.5, 0.6) is 11.5 Å². The number of amides is 1. The van der Waals surface area contributed by atoms with E-state index in [0.29, 0.717) is 6.42 Å². The molecule has 144 valence electrons. The highest BCUT2D eigenvalue weighted by molar-refractivity contribution is 5.76. The molecule has 27 heavy (non-hydrogen) atoms. The Morgan fingerprint density at radius 3 is 2.48 bits per heavy atom. The summed E-state index contributed by atoms with van der Waals surface area (Å²) in [4.78, 5) is 21.1. The van der Waals surface area contributed by atoms with Crippen molar-refractivity contribution in [2.45, 2.75) is 19.3 Å². The number of carbonyl (C=O) groups is 1. The summed E-state index contributed by atoms with van der Waals surface area (Å²) in [5.74, 6) is 2.67. The van der Waals surface area contributed by atoms with E-state index in [2.05, 4.69) is 9.88 Å². The standard InChI is InChI=1S/C21H27N3O3/c1-26-18-10-9-17(16-19(18)27-2)6-5-8-21(25)24-14-12-23(13-15-24)20-7-3-4-11-22-20/h3-4,7,9-11,16H,5-6,8,12-15H2,1-2H3.